The van der Waals surface area contributed by atoms with Crippen LogP contribution in [0.25, 0.3) is 0 Å². The molecular weight excluding hydrogens is 382 g/mol. The average Bonchev–Trinajstić information content (AvgIpc) is 3.34. The molecule has 4 bridgehead atoms. The van der Waals surface area contributed by atoms with Gasteiger partial charge in [0.25, 0.3) is 0 Å². The van der Waals surface area contributed by atoms with Crippen LogP contribution in [0.3, 0.4) is 0 Å². The average molecular weight is 420 g/mol. The molecule has 0 N–H and O–H groups in total. The molecule has 0 saturated heterocycles. The van der Waals surface area contributed by atoms with Crippen LogP contribution in [0, 0.1) is 43.9 Å². The first-order valence-electron chi connectivity index (χ1n) is 12.5. The first kappa shape index (κ1) is 19.7. The third-order valence-electron chi connectivity index (χ3n) is 8.67. The summed E-state index contributed by atoms with van der Waals surface area (Å²) in [5, 5.41) is 0. The highest BCUT2D eigenvalue weighted by Gasteiger charge is 2.55. The molecule has 4 fully saturated rings. The van der Waals surface area contributed by atoms with E-state index in [9.17, 15) is 0 Å². The Balaban J connectivity index is 1.07. The molecule has 7 rings (SSSR count). The summed E-state index contributed by atoms with van der Waals surface area (Å²) in [6.45, 7) is 9.41. The van der Waals surface area contributed by atoms with Crippen LogP contribution < -0.4 is 4.90 Å². The van der Waals surface area contributed by atoms with Crippen molar-refractivity contribution < 1.29 is 4.74 Å². The van der Waals surface area contributed by atoms with Gasteiger partial charge in [0, 0.05) is 30.0 Å². The predicted octanol–water partition coefficient (Wildman–Crippen LogP) is 5.57. The number of hydrogen-bond acceptors (Lipinski definition) is 4. The van der Waals surface area contributed by atoms with Crippen molar-refractivity contribution in [2.75, 3.05) is 24.7 Å². The molecule has 4 saturated carbocycles. The van der Waals surface area contributed by atoms with Crippen molar-refractivity contribution in [2.24, 2.45) is 28.2 Å². The highest BCUT2D eigenvalue weighted by Crippen LogP contribution is 2.61. The topological polar surface area (TPSA) is 28.1 Å². The van der Waals surface area contributed by atoms with Crippen LogP contribution in [0.15, 0.2) is 29.5 Å². The minimum Gasteiger partial charge on any atom is -0.478 e. The van der Waals surface area contributed by atoms with Gasteiger partial charge >= 0.3 is 0 Å². The van der Waals surface area contributed by atoms with E-state index in [0.29, 0.717) is 11.5 Å². The van der Waals surface area contributed by atoms with E-state index in [1.807, 2.05) is 0 Å². The van der Waals surface area contributed by atoms with Crippen molar-refractivity contribution in [2.45, 2.75) is 71.8 Å². The van der Waals surface area contributed by atoms with Gasteiger partial charge < -0.3 is 14.5 Å². The largest absolute Gasteiger partial charge is 0.478 e. The number of benzene rings is 1. The lowest BCUT2D eigenvalue weighted by Gasteiger charge is -2.56. The van der Waals surface area contributed by atoms with Crippen LogP contribution in [0.2, 0.25) is 0 Å². The summed E-state index contributed by atoms with van der Waals surface area (Å²) in [4.78, 5) is 10.0. The second-order valence-corrected chi connectivity index (χ2v) is 11.4. The predicted molar refractivity (Wildman–Crippen MR) is 126 cm³/mol. The maximum absolute atomic E-state index is 6.30. The van der Waals surface area contributed by atoms with Crippen molar-refractivity contribution in [1.82, 2.24) is 4.90 Å². The number of ether oxygens (including phenoxy) is 1. The van der Waals surface area contributed by atoms with Gasteiger partial charge in [-0.1, -0.05) is 17.7 Å². The number of rotatable bonds is 5. The Labute approximate surface area is 187 Å². The molecule has 1 aromatic rings. The van der Waals surface area contributed by atoms with Crippen molar-refractivity contribution in [3.63, 3.8) is 0 Å². The van der Waals surface area contributed by atoms with Crippen LogP contribution in [-0.4, -0.2) is 36.7 Å². The van der Waals surface area contributed by atoms with Crippen LogP contribution in [0.1, 0.15) is 61.6 Å². The summed E-state index contributed by atoms with van der Waals surface area (Å²) in [5.41, 5.74) is 5.73. The summed E-state index contributed by atoms with van der Waals surface area (Å²) >= 11 is 0. The first-order chi connectivity index (χ1) is 15.0. The Bertz CT molecular complexity index is 874. The van der Waals surface area contributed by atoms with E-state index in [4.69, 9.17) is 9.73 Å². The number of anilines is 1. The molecule has 6 aliphatic rings. The molecule has 0 radical (unpaired) electrons. The molecule has 0 aromatic heterocycles. The molecule has 166 valence electrons. The van der Waals surface area contributed by atoms with Crippen molar-refractivity contribution >= 4 is 11.6 Å². The molecule has 31 heavy (non-hydrogen) atoms. The molecular formula is C27H37N3O. The van der Waals surface area contributed by atoms with Crippen LogP contribution in [0.4, 0.5) is 5.69 Å². The van der Waals surface area contributed by atoms with E-state index in [0.717, 1.165) is 49.9 Å². The number of hydrogen-bond donors (Lipinski definition) is 0. The van der Waals surface area contributed by atoms with E-state index in [1.165, 1.54) is 60.9 Å². The van der Waals surface area contributed by atoms with E-state index < -0.39 is 0 Å². The zero-order valence-electron chi connectivity index (χ0n) is 19.4. The van der Waals surface area contributed by atoms with Gasteiger partial charge in [0.15, 0.2) is 5.90 Å². The Hall–Kier alpha value is -1.97. The number of aryl methyl sites for hydroxylation is 3. The molecule has 0 amide bonds. The normalized spacial score (nSPS) is 35.8. The molecule has 0 spiro atoms. The standard InChI is InChI=1S/C27H37N3O/c1-18-8-19(2)25(20(3)9-18)30-7-6-29(17-30)5-4-24-16-31-26(28-24)27-13-21-10-22(14-27)12-23(11-21)15-27/h6-9,21-24H,4-5,10-17H2,1-3H3/t21?,22?,23?,24-,27?/m0/s1. The summed E-state index contributed by atoms with van der Waals surface area (Å²) in [5.74, 6) is 4.00. The summed E-state index contributed by atoms with van der Waals surface area (Å²) in [7, 11) is 0. The molecule has 0 unspecified atom stereocenters. The van der Waals surface area contributed by atoms with Crippen LogP contribution >= 0.6 is 0 Å². The second-order valence-electron chi connectivity index (χ2n) is 11.4. The Morgan fingerprint density at radius 1 is 0.968 bits per heavy atom. The van der Waals surface area contributed by atoms with Crippen molar-refractivity contribution in [3.8, 4) is 0 Å². The van der Waals surface area contributed by atoms with Gasteiger partial charge in [-0.3, -0.25) is 0 Å². The fourth-order valence-corrected chi connectivity index (χ4v) is 7.92. The fourth-order valence-electron chi connectivity index (χ4n) is 7.92. The highest BCUT2D eigenvalue weighted by molar-refractivity contribution is 5.84. The lowest BCUT2D eigenvalue weighted by molar-refractivity contribution is -0.0226. The minimum absolute atomic E-state index is 0.314. The van der Waals surface area contributed by atoms with Gasteiger partial charge in [-0.25, -0.2) is 4.99 Å². The maximum Gasteiger partial charge on any atom is 0.190 e. The fraction of sp³-hybridized carbons (Fsp3) is 0.667. The van der Waals surface area contributed by atoms with Gasteiger partial charge in [0.1, 0.15) is 6.61 Å². The molecule has 4 nitrogen and oxygen atoms in total. The van der Waals surface area contributed by atoms with Crippen LogP contribution in [0.5, 0.6) is 0 Å². The molecule has 1 atom stereocenters. The summed E-state index contributed by atoms with van der Waals surface area (Å²) in [6, 6.07) is 4.92. The van der Waals surface area contributed by atoms with E-state index in [1.54, 1.807) is 0 Å². The Kier molecular flexibility index (Phi) is 4.63. The SMILES string of the molecule is Cc1cc(C)c(N2C=CN(CC[C@H]3COC(C45CC6CC(CC(C6)C4)C5)=N3)C2)c(C)c1. The van der Waals surface area contributed by atoms with Gasteiger partial charge in [-0.05, 0) is 94.6 Å². The third kappa shape index (κ3) is 3.47. The van der Waals surface area contributed by atoms with Gasteiger partial charge in [0.2, 0.25) is 0 Å². The maximum atomic E-state index is 6.30. The Morgan fingerprint density at radius 3 is 2.26 bits per heavy atom. The summed E-state index contributed by atoms with van der Waals surface area (Å²) in [6.07, 6.45) is 14.1. The first-order valence-corrected chi connectivity index (χ1v) is 12.5. The zero-order chi connectivity index (χ0) is 21.2. The van der Waals surface area contributed by atoms with E-state index in [2.05, 4.69) is 55.1 Å². The summed E-state index contributed by atoms with van der Waals surface area (Å²) < 4.78 is 6.30. The van der Waals surface area contributed by atoms with Crippen LogP contribution in [-0.2, 0) is 4.74 Å². The zero-order valence-corrected chi connectivity index (χ0v) is 19.4. The lowest BCUT2D eigenvalue weighted by Crippen LogP contribution is -2.50. The minimum atomic E-state index is 0.314. The lowest BCUT2D eigenvalue weighted by atomic mass is 9.49. The Morgan fingerprint density at radius 2 is 1.61 bits per heavy atom. The van der Waals surface area contributed by atoms with Crippen molar-refractivity contribution in [3.05, 3.63) is 41.2 Å². The monoisotopic (exact) mass is 419 g/mol. The molecule has 2 aliphatic heterocycles. The van der Waals surface area contributed by atoms with Crippen molar-refractivity contribution in [1.29, 1.82) is 0 Å². The van der Waals surface area contributed by atoms with Gasteiger partial charge in [-0.2, -0.15) is 0 Å². The third-order valence-corrected chi connectivity index (χ3v) is 8.67. The number of nitrogens with zero attached hydrogens (tertiary/aromatic N) is 3. The number of aliphatic imine (C=N–C) groups is 1. The molecule has 4 heteroatoms. The van der Waals surface area contributed by atoms with Gasteiger partial charge in [0.05, 0.1) is 12.7 Å². The van der Waals surface area contributed by atoms with E-state index in [-0.39, 0.29) is 0 Å². The highest BCUT2D eigenvalue weighted by atomic mass is 16.5. The quantitative estimate of drug-likeness (QED) is 0.625. The van der Waals surface area contributed by atoms with Gasteiger partial charge in [-0.15, -0.1) is 0 Å². The molecule has 2 heterocycles. The second kappa shape index (κ2) is 7.28. The molecule has 4 aliphatic carbocycles. The molecule has 1 aromatic carbocycles. The smallest absolute Gasteiger partial charge is 0.190 e. The van der Waals surface area contributed by atoms with E-state index >= 15 is 0 Å².